The molecular formula is C15H21N5O2. The lowest BCUT2D eigenvalue weighted by atomic mass is 10.1. The smallest absolute Gasteiger partial charge is 0.251 e. The van der Waals surface area contributed by atoms with E-state index >= 15 is 0 Å². The Bertz CT molecular complexity index is 610. The van der Waals surface area contributed by atoms with Crippen LogP contribution in [0.25, 0.3) is 5.69 Å². The molecule has 0 saturated carbocycles. The molecule has 1 amide bonds. The summed E-state index contributed by atoms with van der Waals surface area (Å²) in [7, 11) is 0. The van der Waals surface area contributed by atoms with Gasteiger partial charge < -0.3 is 10.1 Å². The second-order valence-corrected chi connectivity index (χ2v) is 5.28. The zero-order chi connectivity index (χ0) is 15.9. The molecule has 1 aromatic carbocycles. The normalized spacial score (nSPS) is 10.9. The SMILES string of the molecule is Cc1ccc(C(=O)NCCCOC(C)C)cc1-n1cnnn1. The first-order chi connectivity index (χ1) is 10.6. The lowest BCUT2D eigenvalue weighted by Crippen LogP contribution is -2.25. The van der Waals surface area contributed by atoms with E-state index in [4.69, 9.17) is 4.74 Å². The van der Waals surface area contributed by atoms with Crippen molar-refractivity contribution in [3.63, 3.8) is 0 Å². The molecule has 0 spiro atoms. The fourth-order valence-corrected chi connectivity index (χ4v) is 1.96. The van der Waals surface area contributed by atoms with Gasteiger partial charge in [0.1, 0.15) is 6.33 Å². The van der Waals surface area contributed by atoms with E-state index in [2.05, 4.69) is 20.8 Å². The Morgan fingerprint density at radius 2 is 2.23 bits per heavy atom. The number of benzene rings is 1. The van der Waals surface area contributed by atoms with Crippen molar-refractivity contribution >= 4 is 5.91 Å². The fraction of sp³-hybridized carbons (Fsp3) is 0.467. The predicted molar refractivity (Wildman–Crippen MR) is 81.9 cm³/mol. The summed E-state index contributed by atoms with van der Waals surface area (Å²) >= 11 is 0. The molecule has 7 heteroatoms. The van der Waals surface area contributed by atoms with Crippen molar-refractivity contribution < 1.29 is 9.53 Å². The van der Waals surface area contributed by atoms with Crippen LogP contribution in [0.4, 0.5) is 0 Å². The molecule has 2 aromatic rings. The molecule has 0 aliphatic heterocycles. The van der Waals surface area contributed by atoms with E-state index in [-0.39, 0.29) is 12.0 Å². The van der Waals surface area contributed by atoms with Crippen LogP contribution < -0.4 is 5.32 Å². The Labute approximate surface area is 129 Å². The minimum absolute atomic E-state index is 0.112. The van der Waals surface area contributed by atoms with Gasteiger partial charge in [-0.05, 0) is 55.3 Å². The Morgan fingerprint density at radius 1 is 1.41 bits per heavy atom. The van der Waals surface area contributed by atoms with Crippen LogP contribution in [0.3, 0.4) is 0 Å². The van der Waals surface area contributed by atoms with Crippen molar-refractivity contribution in [2.24, 2.45) is 0 Å². The number of hydrogen-bond acceptors (Lipinski definition) is 5. The molecule has 2 rings (SSSR count). The fourth-order valence-electron chi connectivity index (χ4n) is 1.96. The van der Waals surface area contributed by atoms with E-state index < -0.39 is 0 Å². The number of nitrogens with one attached hydrogen (secondary N) is 1. The number of carbonyl (C=O) groups excluding carboxylic acids is 1. The van der Waals surface area contributed by atoms with Gasteiger partial charge in [-0.25, -0.2) is 4.68 Å². The molecular weight excluding hydrogens is 282 g/mol. The molecule has 0 atom stereocenters. The third-order valence-corrected chi connectivity index (χ3v) is 3.13. The van der Waals surface area contributed by atoms with E-state index in [0.717, 1.165) is 17.7 Å². The van der Waals surface area contributed by atoms with Gasteiger partial charge in [-0.15, -0.1) is 5.10 Å². The van der Waals surface area contributed by atoms with Crippen LogP contribution >= 0.6 is 0 Å². The van der Waals surface area contributed by atoms with Gasteiger partial charge in [0.15, 0.2) is 0 Å². The Balaban J connectivity index is 1.94. The van der Waals surface area contributed by atoms with Crippen LogP contribution in [-0.4, -0.2) is 45.4 Å². The third-order valence-electron chi connectivity index (χ3n) is 3.13. The molecule has 1 N–H and O–H groups in total. The topological polar surface area (TPSA) is 81.9 Å². The highest BCUT2D eigenvalue weighted by molar-refractivity contribution is 5.94. The van der Waals surface area contributed by atoms with Gasteiger partial charge in [0.05, 0.1) is 11.8 Å². The number of rotatable bonds is 7. The van der Waals surface area contributed by atoms with Gasteiger partial charge in [0, 0.05) is 18.7 Å². The second-order valence-electron chi connectivity index (χ2n) is 5.28. The van der Waals surface area contributed by atoms with Crippen LogP contribution in [0.1, 0.15) is 36.2 Å². The predicted octanol–water partition coefficient (Wildman–Crippen LogP) is 1.52. The Morgan fingerprint density at radius 3 is 2.91 bits per heavy atom. The van der Waals surface area contributed by atoms with E-state index in [1.54, 1.807) is 16.8 Å². The van der Waals surface area contributed by atoms with Gasteiger partial charge in [0.25, 0.3) is 5.91 Å². The lowest BCUT2D eigenvalue weighted by Gasteiger charge is -2.10. The number of aromatic nitrogens is 4. The maximum Gasteiger partial charge on any atom is 0.251 e. The van der Waals surface area contributed by atoms with Crippen LogP contribution in [-0.2, 0) is 4.74 Å². The van der Waals surface area contributed by atoms with E-state index in [1.807, 2.05) is 26.8 Å². The largest absolute Gasteiger partial charge is 0.379 e. The first-order valence-electron chi connectivity index (χ1n) is 7.31. The lowest BCUT2D eigenvalue weighted by molar-refractivity contribution is 0.0757. The molecule has 0 aliphatic rings. The zero-order valence-corrected chi connectivity index (χ0v) is 13.1. The molecule has 0 saturated heterocycles. The van der Waals surface area contributed by atoms with Crippen LogP contribution in [0.2, 0.25) is 0 Å². The number of tetrazole rings is 1. The van der Waals surface area contributed by atoms with Gasteiger partial charge in [-0.1, -0.05) is 6.07 Å². The molecule has 118 valence electrons. The quantitative estimate of drug-likeness (QED) is 0.784. The summed E-state index contributed by atoms with van der Waals surface area (Å²) in [6.07, 6.45) is 2.51. The van der Waals surface area contributed by atoms with Crippen LogP contribution in [0, 0.1) is 6.92 Å². The number of nitrogens with zero attached hydrogens (tertiary/aromatic N) is 4. The molecule has 0 unspecified atom stereocenters. The highest BCUT2D eigenvalue weighted by atomic mass is 16.5. The van der Waals surface area contributed by atoms with Crippen molar-refractivity contribution in [2.75, 3.05) is 13.2 Å². The molecule has 1 heterocycles. The van der Waals surface area contributed by atoms with Crippen molar-refractivity contribution in [1.29, 1.82) is 0 Å². The summed E-state index contributed by atoms with van der Waals surface area (Å²) in [5.41, 5.74) is 2.37. The highest BCUT2D eigenvalue weighted by Gasteiger charge is 2.09. The summed E-state index contributed by atoms with van der Waals surface area (Å²) < 4.78 is 6.98. The minimum Gasteiger partial charge on any atom is -0.379 e. The standard InChI is InChI=1S/C15H21N5O2/c1-11(2)22-8-4-7-16-15(21)13-6-5-12(3)14(9-13)20-10-17-18-19-20/h5-6,9-11H,4,7-8H2,1-3H3,(H,16,21). The summed E-state index contributed by atoms with van der Waals surface area (Å²) in [5, 5.41) is 14.0. The van der Waals surface area contributed by atoms with Crippen molar-refractivity contribution in [3.8, 4) is 5.69 Å². The molecule has 0 bridgehead atoms. The molecule has 0 fully saturated rings. The maximum atomic E-state index is 12.2. The van der Waals surface area contributed by atoms with E-state index in [9.17, 15) is 4.79 Å². The summed E-state index contributed by atoms with van der Waals surface area (Å²) in [6.45, 7) is 7.15. The van der Waals surface area contributed by atoms with Crippen molar-refractivity contribution in [2.45, 2.75) is 33.3 Å². The minimum atomic E-state index is -0.112. The third kappa shape index (κ3) is 4.36. The van der Waals surface area contributed by atoms with Crippen LogP contribution in [0.15, 0.2) is 24.5 Å². The molecule has 0 radical (unpaired) electrons. The summed E-state index contributed by atoms with van der Waals surface area (Å²) in [6, 6.07) is 5.46. The first kappa shape index (κ1) is 16.1. The molecule has 0 aliphatic carbocycles. The van der Waals surface area contributed by atoms with Crippen molar-refractivity contribution in [3.05, 3.63) is 35.7 Å². The average Bonchev–Trinajstić information content (AvgIpc) is 3.01. The van der Waals surface area contributed by atoms with E-state index in [0.29, 0.717) is 18.7 Å². The average molecular weight is 303 g/mol. The number of carbonyl (C=O) groups is 1. The summed E-state index contributed by atoms with van der Waals surface area (Å²) in [4.78, 5) is 12.2. The molecule has 1 aromatic heterocycles. The number of ether oxygens (including phenoxy) is 1. The van der Waals surface area contributed by atoms with Gasteiger partial charge in [0.2, 0.25) is 0 Å². The maximum absolute atomic E-state index is 12.2. The van der Waals surface area contributed by atoms with Gasteiger partial charge >= 0.3 is 0 Å². The van der Waals surface area contributed by atoms with Gasteiger partial charge in [-0.3, -0.25) is 4.79 Å². The number of aryl methyl sites for hydroxylation is 1. The number of hydrogen-bond donors (Lipinski definition) is 1. The number of amides is 1. The van der Waals surface area contributed by atoms with Gasteiger partial charge in [-0.2, -0.15) is 0 Å². The highest BCUT2D eigenvalue weighted by Crippen LogP contribution is 2.14. The molecule has 7 nitrogen and oxygen atoms in total. The Hall–Kier alpha value is -2.28. The molecule has 22 heavy (non-hydrogen) atoms. The van der Waals surface area contributed by atoms with E-state index in [1.165, 1.54) is 6.33 Å². The van der Waals surface area contributed by atoms with Crippen molar-refractivity contribution in [1.82, 2.24) is 25.5 Å². The van der Waals surface area contributed by atoms with Crippen LogP contribution in [0.5, 0.6) is 0 Å². The second kappa shape index (κ2) is 7.65. The zero-order valence-electron chi connectivity index (χ0n) is 13.1. The monoisotopic (exact) mass is 303 g/mol. The first-order valence-corrected chi connectivity index (χ1v) is 7.31. The summed E-state index contributed by atoms with van der Waals surface area (Å²) in [5.74, 6) is -0.112. The Kier molecular flexibility index (Phi) is 5.60.